The van der Waals surface area contributed by atoms with Gasteiger partial charge in [-0.05, 0) is 36.8 Å². The zero-order chi connectivity index (χ0) is 24.9. The molecule has 1 aliphatic carbocycles. The van der Waals surface area contributed by atoms with Crippen LogP contribution in [0.15, 0.2) is 54.5 Å². The van der Waals surface area contributed by atoms with E-state index in [1.807, 2.05) is 12.1 Å². The van der Waals surface area contributed by atoms with E-state index >= 15 is 0 Å². The van der Waals surface area contributed by atoms with Crippen LogP contribution in [0, 0.1) is 5.92 Å². The van der Waals surface area contributed by atoms with E-state index in [1.165, 1.54) is 13.2 Å². The Kier molecular flexibility index (Phi) is 5.39. The monoisotopic (exact) mass is 491 g/mol. The van der Waals surface area contributed by atoms with Gasteiger partial charge in [0.25, 0.3) is 5.91 Å². The van der Waals surface area contributed by atoms with Gasteiger partial charge in [0.15, 0.2) is 0 Å². The number of aromatic nitrogens is 2. The van der Waals surface area contributed by atoms with Gasteiger partial charge in [0.05, 0.1) is 13.2 Å². The molecule has 2 atom stereocenters. The van der Waals surface area contributed by atoms with Gasteiger partial charge in [-0.1, -0.05) is 6.08 Å². The molecule has 1 N–H and O–H groups in total. The predicted octanol–water partition coefficient (Wildman–Crippen LogP) is 3.80. The molecule has 1 spiro atoms. The van der Waals surface area contributed by atoms with Crippen molar-refractivity contribution in [2.75, 3.05) is 37.0 Å². The van der Waals surface area contributed by atoms with Gasteiger partial charge in [-0.15, -0.1) is 0 Å². The SMILES string of the molecule is COc1cc(C(=O)N2CCC3C=C(F)C=CC32)cc(N2CCC3(CC2)OC(=O)Nc2ncccc23)n1. The Labute approximate surface area is 207 Å². The van der Waals surface area contributed by atoms with Gasteiger partial charge >= 0.3 is 6.09 Å². The normalized spacial score (nSPS) is 23.9. The van der Waals surface area contributed by atoms with E-state index in [0.717, 1.165) is 12.0 Å². The summed E-state index contributed by atoms with van der Waals surface area (Å²) in [5, 5.41) is 2.67. The zero-order valence-electron chi connectivity index (χ0n) is 19.8. The lowest BCUT2D eigenvalue weighted by Gasteiger charge is -2.44. The molecule has 2 fully saturated rings. The number of halogens is 1. The number of carbonyl (C=O) groups is 2. The molecule has 10 heteroatoms. The number of hydrogen-bond donors (Lipinski definition) is 1. The molecule has 2 saturated heterocycles. The highest BCUT2D eigenvalue weighted by molar-refractivity contribution is 5.96. The van der Waals surface area contributed by atoms with Crippen LogP contribution in [0.5, 0.6) is 5.88 Å². The van der Waals surface area contributed by atoms with Crippen LogP contribution in [0.4, 0.5) is 20.8 Å². The first-order chi connectivity index (χ1) is 17.5. The average molecular weight is 492 g/mol. The fourth-order valence-electron chi connectivity index (χ4n) is 5.70. The number of allylic oxidation sites excluding steroid dienone is 2. The number of piperidine rings is 1. The Morgan fingerprint density at radius 3 is 2.92 bits per heavy atom. The number of carbonyl (C=O) groups excluding carboxylic acids is 2. The molecule has 4 aliphatic rings. The Morgan fingerprint density at radius 1 is 1.28 bits per heavy atom. The van der Waals surface area contributed by atoms with E-state index in [1.54, 1.807) is 35.4 Å². The number of pyridine rings is 2. The van der Waals surface area contributed by atoms with Crippen LogP contribution < -0.4 is 15.0 Å². The smallest absolute Gasteiger partial charge is 0.413 e. The van der Waals surface area contributed by atoms with Gasteiger partial charge in [-0.2, -0.15) is 4.98 Å². The lowest BCUT2D eigenvalue weighted by Crippen LogP contribution is -2.48. The van der Waals surface area contributed by atoms with Gasteiger partial charge in [-0.25, -0.2) is 14.2 Å². The topological polar surface area (TPSA) is 96.9 Å². The van der Waals surface area contributed by atoms with Crippen molar-refractivity contribution in [3.63, 3.8) is 0 Å². The molecule has 0 saturated carbocycles. The number of anilines is 2. The predicted molar refractivity (Wildman–Crippen MR) is 130 cm³/mol. The second kappa shape index (κ2) is 8.61. The van der Waals surface area contributed by atoms with E-state index in [9.17, 15) is 14.0 Å². The summed E-state index contributed by atoms with van der Waals surface area (Å²) in [7, 11) is 1.52. The summed E-state index contributed by atoms with van der Waals surface area (Å²) in [5.74, 6) is 1.11. The van der Waals surface area contributed by atoms with E-state index in [-0.39, 0.29) is 23.7 Å². The van der Waals surface area contributed by atoms with Crippen LogP contribution in [-0.2, 0) is 10.3 Å². The molecule has 9 nitrogen and oxygen atoms in total. The van der Waals surface area contributed by atoms with Gasteiger partial charge < -0.3 is 19.3 Å². The van der Waals surface area contributed by atoms with Crippen LogP contribution in [0.2, 0.25) is 0 Å². The molecule has 0 bridgehead atoms. The van der Waals surface area contributed by atoms with Gasteiger partial charge in [0.2, 0.25) is 5.88 Å². The van der Waals surface area contributed by atoms with Crippen molar-refractivity contribution in [3.8, 4) is 5.88 Å². The summed E-state index contributed by atoms with van der Waals surface area (Å²) in [4.78, 5) is 38.5. The molecule has 3 aliphatic heterocycles. The molecule has 36 heavy (non-hydrogen) atoms. The average Bonchev–Trinajstić information content (AvgIpc) is 3.31. The molecule has 2 aromatic rings. The number of methoxy groups -OCH3 is 1. The zero-order valence-corrected chi connectivity index (χ0v) is 19.8. The molecule has 0 radical (unpaired) electrons. The molecule has 2 aromatic heterocycles. The minimum atomic E-state index is -0.749. The molecule has 2 amide bonds. The summed E-state index contributed by atoms with van der Waals surface area (Å²) in [6.45, 7) is 1.69. The van der Waals surface area contributed by atoms with Crippen LogP contribution in [0.1, 0.15) is 35.2 Å². The Hall–Kier alpha value is -3.95. The lowest BCUT2D eigenvalue weighted by molar-refractivity contribution is -0.00854. The molecular formula is C26H26FN5O4. The van der Waals surface area contributed by atoms with Crippen molar-refractivity contribution >= 4 is 23.6 Å². The molecule has 6 rings (SSSR count). The van der Waals surface area contributed by atoms with E-state index in [2.05, 4.69) is 20.2 Å². The second-order valence-corrected chi connectivity index (χ2v) is 9.50. The van der Waals surface area contributed by atoms with Gasteiger partial charge in [-0.3, -0.25) is 10.1 Å². The standard InChI is InChI=1S/C26H26FN5O4/c1-35-22-15-17(24(33)32-10-6-16-13-18(27)4-5-20(16)32)14-21(29-22)31-11-7-26(8-12-31)19-3-2-9-28-23(19)30-25(34)36-26/h2-5,9,13-16,20H,6-8,10-12H2,1H3,(H,28,30,34). The third-order valence-corrected chi connectivity index (χ3v) is 7.54. The largest absolute Gasteiger partial charge is 0.481 e. The molecular weight excluding hydrogens is 465 g/mol. The summed E-state index contributed by atoms with van der Waals surface area (Å²) in [6.07, 6.45) is 7.77. The van der Waals surface area contributed by atoms with Crippen LogP contribution in [0.3, 0.4) is 0 Å². The molecule has 2 unspecified atom stereocenters. The number of rotatable bonds is 3. The van der Waals surface area contributed by atoms with E-state index < -0.39 is 11.7 Å². The number of nitrogens with one attached hydrogen (secondary N) is 1. The van der Waals surface area contributed by atoms with E-state index in [0.29, 0.717) is 55.6 Å². The maximum atomic E-state index is 13.7. The summed E-state index contributed by atoms with van der Waals surface area (Å²) in [6, 6.07) is 7.04. The number of hydrogen-bond acceptors (Lipinski definition) is 7. The third kappa shape index (κ3) is 3.77. The summed E-state index contributed by atoms with van der Waals surface area (Å²) < 4.78 is 24.9. The fraction of sp³-hybridized carbons (Fsp3) is 0.385. The van der Waals surface area contributed by atoms with E-state index in [4.69, 9.17) is 9.47 Å². The first-order valence-electron chi connectivity index (χ1n) is 12.1. The van der Waals surface area contributed by atoms with Crippen molar-refractivity contribution in [3.05, 3.63) is 65.6 Å². The van der Waals surface area contributed by atoms with Crippen LogP contribution >= 0.6 is 0 Å². The third-order valence-electron chi connectivity index (χ3n) is 7.54. The molecule has 186 valence electrons. The Morgan fingerprint density at radius 2 is 2.11 bits per heavy atom. The highest BCUT2D eigenvalue weighted by Gasteiger charge is 2.45. The minimum Gasteiger partial charge on any atom is -0.481 e. The first kappa shape index (κ1) is 22.5. The number of ether oxygens (including phenoxy) is 2. The van der Waals surface area contributed by atoms with Crippen molar-refractivity contribution in [2.45, 2.75) is 30.9 Å². The van der Waals surface area contributed by atoms with Crippen molar-refractivity contribution in [2.24, 2.45) is 5.92 Å². The summed E-state index contributed by atoms with van der Waals surface area (Å²) in [5.41, 5.74) is 0.595. The van der Waals surface area contributed by atoms with Crippen LogP contribution in [-0.4, -0.2) is 59.7 Å². The van der Waals surface area contributed by atoms with Crippen molar-refractivity contribution in [1.29, 1.82) is 0 Å². The minimum absolute atomic E-state index is 0.00880. The maximum Gasteiger partial charge on any atom is 0.413 e. The quantitative estimate of drug-likeness (QED) is 0.698. The fourth-order valence-corrected chi connectivity index (χ4v) is 5.70. The Bertz CT molecular complexity index is 1290. The maximum absolute atomic E-state index is 13.7. The summed E-state index contributed by atoms with van der Waals surface area (Å²) >= 11 is 0. The second-order valence-electron chi connectivity index (χ2n) is 9.50. The van der Waals surface area contributed by atoms with Crippen molar-refractivity contribution < 1.29 is 23.5 Å². The number of amides is 2. The number of nitrogens with zero attached hydrogens (tertiary/aromatic N) is 4. The van der Waals surface area contributed by atoms with Crippen molar-refractivity contribution in [1.82, 2.24) is 14.9 Å². The van der Waals surface area contributed by atoms with Crippen LogP contribution in [0.25, 0.3) is 0 Å². The molecule has 0 aromatic carbocycles. The lowest BCUT2D eigenvalue weighted by atomic mass is 9.83. The highest BCUT2D eigenvalue weighted by atomic mass is 19.1. The first-order valence-corrected chi connectivity index (χ1v) is 12.1. The van der Waals surface area contributed by atoms with Gasteiger partial charge in [0, 0.05) is 61.8 Å². The number of fused-ring (bicyclic) bond motifs is 3. The van der Waals surface area contributed by atoms with Gasteiger partial charge in [0.1, 0.15) is 23.1 Å². The number of likely N-dealkylation sites (tertiary alicyclic amines) is 1. The highest BCUT2D eigenvalue weighted by Crippen LogP contribution is 2.43. The molecule has 5 heterocycles. The Balaban J connectivity index is 1.24.